The number of allylic oxidation sites excluding steroid dienone is 3. The van der Waals surface area contributed by atoms with E-state index in [2.05, 4.69) is 144 Å². The van der Waals surface area contributed by atoms with Gasteiger partial charge in [0, 0.05) is 33.0 Å². The van der Waals surface area contributed by atoms with Crippen molar-refractivity contribution in [2.24, 2.45) is 0 Å². The molecule has 4 aromatic rings. The van der Waals surface area contributed by atoms with Crippen LogP contribution in [0.15, 0.2) is 94.8 Å². The number of hydrogen-bond acceptors (Lipinski definition) is 4. The number of ether oxygens (including phenoxy) is 2. The summed E-state index contributed by atoms with van der Waals surface area (Å²) in [5.74, 6) is 10.5. The number of nitrogens with zero attached hydrogens (tertiary/aromatic N) is 1. The van der Waals surface area contributed by atoms with Gasteiger partial charge >= 0.3 is 0 Å². The van der Waals surface area contributed by atoms with Crippen LogP contribution in [0.2, 0.25) is 0 Å². The van der Waals surface area contributed by atoms with Gasteiger partial charge in [0.25, 0.3) is 6.71 Å². The first-order chi connectivity index (χ1) is 22.9. The zero-order valence-corrected chi connectivity index (χ0v) is 29.6. The molecular weight excluding hydrogens is 605 g/mol. The maximum atomic E-state index is 7.27. The number of hydrogen-bond donors (Lipinski definition) is 0. The van der Waals surface area contributed by atoms with Gasteiger partial charge in [0.2, 0.25) is 0 Å². The number of para-hydroxylation sites is 1. The second kappa shape index (κ2) is 10.1. The predicted molar refractivity (Wildman–Crippen MR) is 201 cm³/mol. The van der Waals surface area contributed by atoms with Crippen molar-refractivity contribution in [2.45, 2.75) is 88.5 Å². The van der Waals surface area contributed by atoms with Gasteiger partial charge in [-0.15, -0.1) is 0 Å². The Hall–Kier alpha value is -4.27. The fourth-order valence-corrected chi connectivity index (χ4v) is 9.43. The summed E-state index contributed by atoms with van der Waals surface area (Å²) < 4.78 is 14.2. The van der Waals surface area contributed by atoms with Crippen LogP contribution in [0.1, 0.15) is 78.0 Å². The summed E-state index contributed by atoms with van der Waals surface area (Å²) in [7, 11) is 0. The van der Waals surface area contributed by atoms with Crippen molar-refractivity contribution in [3.63, 3.8) is 0 Å². The molecule has 0 saturated heterocycles. The SMILES string of the molecule is CC(C)(C)c1ccc2c(c1)B1c3ccc4c(c3Oc3cc(N5c6ccccc6SC6=CC=CC#CC65)cc(c31)O2)C(C)(C)CCC4(C)C. The van der Waals surface area contributed by atoms with Crippen molar-refractivity contribution in [2.75, 3.05) is 4.90 Å². The molecule has 0 spiro atoms. The molecule has 5 aliphatic rings. The highest BCUT2D eigenvalue weighted by Crippen LogP contribution is 2.53. The first-order valence-corrected chi connectivity index (χ1v) is 18.0. The number of thioether (sulfide) groups is 1. The third kappa shape index (κ3) is 4.38. The minimum Gasteiger partial charge on any atom is -0.458 e. The molecule has 0 fully saturated rings. The first-order valence-electron chi connectivity index (χ1n) is 17.2. The second-order valence-corrected chi connectivity index (χ2v) is 17.3. The molecular formula is C43H40BNO2S. The monoisotopic (exact) mass is 645 g/mol. The molecule has 0 N–H and O–H groups in total. The lowest BCUT2D eigenvalue weighted by molar-refractivity contribution is 0.320. The summed E-state index contributed by atoms with van der Waals surface area (Å²) >= 11 is 1.81. The topological polar surface area (TPSA) is 21.7 Å². The van der Waals surface area contributed by atoms with E-state index in [1.165, 1.54) is 37.4 Å². The molecule has 48 heavy (non-hydrogen) atoms. The summed E-state index contributed by atoms with van der Waals surface area (Å²) in [6, 6.07) is 24.5. The molecule has 3 aliphatic heterocycles. The van der Waals surface area contributed by atoms with Gasteiger partial charge in [-0.2, -0.15) is 0 Å². The predicted octanol–water partition coefficient (Wildman–Crippen LogP) is 9.13. The van der Waals surface area contributed by atoms with Crippen LogP contribution in [0.4, 0.5) is 11.4 Å². The molecule has 0 radical (unpaired) electrons. The Bertz CT molecular complexity index is 2190. The molecule has 3 heterocycles. The van der Waals surface area contributed by atoms with E-state index in [0.29, 0.717) is 0 Å². The van der Waals surface area contributed by atoms with Crippen LogP contribution in [0, 0.1) is 11.8 Å². The van der Waals surface area contributed by atoms with Gasteiger partial charge in [-0.25, -0.2) is 0 Å². The van der Waals surface area contributed by atoms with Crippen LogP contribution < -0.4 is 30.8 Å². The van der Waals surface area contributed by atoms with Gasteiger partial charge in [0.15, 0.2) is 0 Å². The smallest absolute Gasteiger partial charge is 0.260 e. The van der Waals surface area contributed by atoms with Crippen LogP contribution in [0.5, 0.6) is 23.0 Å². The Morgan fingerprint density at radius 2 is 1.62 bits per heavy atom. The molecule has 4 aromatic carbocycles. The van der Waals surface area contributed by atoms with Crippen LogP contribution >= 0.6 is 11.8 Å². The summed E-state index contributed by atoms with van der Waals surface area (Å²) in [6.45, 7) is 16.4. The minimum atomic E-state index is -0.116. The van der Waals surface area contributed by atoms with Crippen molar-refractivity contribution in [1.29, 1.82) is 0 Å². The van der Waals surface area contributed by atoms with E-state index in [4.69, 9.17) is 9.47 Å². The summed E-state index contributed by atoms with van der Waals surface area (Å²) in [6.07, 6.45) is 8.46. The highest BCUT2D eigenvalue weighted by atomic mass is 32.2. The van der Waals surface area contributed by atoms with Crippen LogP contribution in [0.25, 0.3) is 0 Å². The Morgan fingerprint density at radius 3 is 2.44 bits per heavy atom. The molecule has 238 valence electrons. The Kier molecular flexibility index (Phi) is 6.30. The van der Waals surface area contributed by atoms with Crippen molar-refractivity contribution in [3.05, 3.63) is 107 Å². The summed E-state index contributed by atoms with van der Waals surface area (Å²) in [4.78, 5) is 4.80. The number of fused-ring (bicyclic) bond motifs is 8. The third-order valence-electron chi connectivity index (χ3n) is 11.1. The third-order valence-corrected chi connectivity index (χ3v) is 12.3. The van der Waals surface area contributed by atoms with Crippen LogP contribution in [-0.2, 0) is 16.2 Å². The van der Waals surface area contributed by atoms with Crippen LogP contribution in [0.3, 0.4) is 0 Å². The van der Waals surface area contributed by atoms with E-state index in [-0.39, 0.29) is 29.0 Å². The zero-order chi connectivity index (χ0) is 33.2. The van der Waals surface area contributed by atoms with Gasteiger partial charge in [0.1, 0.15) is 29.0 Å². The number of benzene rings is 4. The van der Waals surface area contributed by atoms with Gasteiger partial charge in [-0.3, -0.25) is 0 Å². The number of rotatable bonds is 1. The summed E-state index contributed by atoms with van der Waals surface area (Å²) in [5.41, 5.74) is 9.88. The molecule has 0 saturated carbocycles. The molecule has 1 unspecified atom stereocenters. The lowest BCUT2D eigenvalue weighted by Crippen LogP contribution is -2.58. The lowest BCUT2D eigenvalue weighted by atomic mass is 9.34. The van der Waals surface area contributed by atoms with E-state index >= 15 is 0 Å². The minimum absolute atomic E-state index is 0.00603. The van der Waals surface area contributed by atoms with E-state index in [0.717, 1.165) is 52.7 Å². The fourth-order valence-electron chi connectivity index (χ4n) is 8.34. The van der Waals surface area contributed by atoms with E-state index in [9.17, 15) is 0 Å². The second-order valence-electron chi connectivity index (χ2n) is 16.2. The van der Waals surface area contributed by atoms with Gasteiger partial charge in [-0.05, 0) is 81.5 Å². The fraction of sp³-hybridized carbons (Fsp3) is 0.302. The molecule has 1 atom stereocenters. The standard InChI is InChI=1S/C43H40BNO2S/c1-41(2,3)26-17-20-33-30(23-26)44-29-19-18-28-38(43(6,7)22-21-42(28,4)5)40(29)47-35-25-27(24-34(46-33)39(35)44)45-31-13-9-8-10-15-36(31)48-37-16-12-11-14-32(37)45/h8,10-12,14-20,23-25,31H,21-22H2,1-7H3. The average Bonchev–Trinajstić information content (AvgIpc) is 3.29. The maximum Gasteiger partial charge on any atom is 0.260 e. The van der Waals surface area contributed by atoms with E-state index < -0.39 is 0 Å². The molecule has 5 heteroatoms. The Balaban J connectivity index is 1.31. The lowest BCUT2D eigenvalue weighted by Gasteiger charge is -2.45. The average molecular weight is 646 g/mol. The molecule has 3 nitrogen and oxygen atoms in total. The molecule has 0 aromatic heterocycles. The van der Waals surface area contributed by atoms with Crippen LogP contribution in [-0.4, -0.2) is 12.8 Å². The van der Waals surface area contributed by atoms with Crippen molar-refractivity contribution in [3.8, 4) is 34.8 Å². The van der Waals surface area contributed by atoms with Gasteiger partial charge < -0.3 is 14.4 Å². The Morgan fingerprint density at radius 1 is 0.854 bits per heavy atom. The molecule has 0 amide bonds. The summed E-state index contributed by atoms with van der Waals surface area (Å²) in [5, 5.41) is 0. The highest BCUT2D eigenvalue weighted by Gasteiger charge is 2.47. The molecule has 9 rings (SSSR count). The van der Waals surface area contributed by atoms with E-state index in [1.807, 2.05) is 6.08 Å². The first kappa shape index (κ1) is 29.8. The number of anilines is 2. The van der Waals surface area contributed by atoms with Crippen molar-refractivity contribution >= 4 is 46.2 Å². The quantitative estimate of drug-likeness (QED) is 0.131. The largest absolute Gasteiger partial charge is 0.458 e. The highest BCUT2D eigenvalue weighted by molar-refractivity contribution is 8.03. The van der Waals surface area contributed by atoms with Crippen molar-refractivity contribution in [1.82, 2.24) is 0 Å². The Labute approximate surface area is 289 Å². The normalized spacial score (nSPS) is 20.1. The maximum absolute atomic E-state index is 7.27. The van der Waals surface area contributed by atoms with Gasteiger partial charge in [-0.1, -0.05) is 115 Å². The zero-order valence-electron chi connectivity index (χ0n) is 28.8. The molecule has 2 aliphatic carbocycles. The van der Waals surface area contributed by atoms with Gasteiger partial charge in [0.05, 0.1) is 11.4 Å². The van der Waals surface area contributed by atoms with E-state index in [1.54, 1.807) is 11.8 Å². The van der Waals surface area contributed by atoms with Crippen molar-refractivity contribution < 1.29 is 9.47 Å². The molecule has 0 bridgehead atoms.